The largest absolute Gasteiger partial charge is 0.263 e. The van der Waals surface area contributed by atoms with Crippen LogP contribution in [-0.2, 0) is 11.8 Å². The van der Waals surface area contributed by atoms with Gasteiger partial charge in [-0.3, -0.25) is 5.10 Å². The van der Waals surface area contributed by atoms with Crippen LogP contribution in [0.2, 0.25) is 0 Å². The maximum atomic E-state index is 4.41. The van der Waals surface area contributed by atoms with Gasteiger partial charge in [0.05, 0.1) is 5.69 Å². The first-order valence-corrected chi connectivity index (χ1v) is 6.04. The van der Waals surface area contributed by atoms with E-state index in [1.54, 1.807) is 0 Å². The van der Waals surface area contributed by atoms with E-state index in [0.29, 0.717) is 5.82 Å². The van der Waals surface area contributed by atoms with E-state index < -0.39 is 0 Å². The minimum Gasteiger partial charge on any atom is -0.263 e. The molecule has 0 aliphatic heterocycles. The van der Waals surface area contributed by atoms with E-state index >= 15 is 0 Å². The van der Waals surface area contributed by atoms with E-state index in [1.165, 1.54) is 11.5 Å². The van der Waals surface area contributed by atoms with Crippen molar-refractivity contribution >= 4 is 11.5 Å². The Balaban J connectivity index is 2.44. The van der Waals surface area contributed by atoms with Crippen LogP contribution in [0.3, 0.4) is 0 Å². The van der Waals surface area contributed by atoms with E-state index in [9.17, 15) is 0 Å². The second-order valence-corrected chi connectivity index (χ2v) is 5.41. The van der Waals surface area contributed by atoms with Crippen molar-refractivity contribution in [3.8, 4) is 10.7 Å². The first-order valence-electron chi connectivity index (χ1n) is 5.27. The van der Waals surface area contributed by atoms with Crippen molar-refractivity contribution in [3.05, 3.63) is 11.5 Å². The Morgan fingerprint density at radius 1 is 1.31 bits per heavy atom. The van der Waals surface area contributed by atoms with Crippen molar-refractivity contribution in [2.24, 2.45) is 0 Å². The summed E-state index contributed by atoms with van der Waals surface area (Å²) in [6.45, 7) is 8.38. The van der Waals surface area contributed by atoms with Crippen LogP contribution < -0.4 is 0 Å². The third-order valence-corrected chi connectivity index (χ3v) is 2.99. The zero-order chi connectivity index (χ0) is 11.8. The van der Waals surface area contributed by atoms with Gasteiger partial charge in [0.2, 0.25) is 0 Å². The standard InChI is InChI=1S/C10H15N5S/c1-5-6-11-9(14-12-6)7-8(10(2,3)4)13-15-16-7/h5H2,1-4H3,(H,11,12,14). The van der Waals surface area contributed by atoms with Gasteiger partial charge in [0, 0.05) is 11.8 Å². The van der Waals surface area contributed by atoms with Crippen LogP contribution in [0.5, 0.6) is 0 Å². The number of rotatable bonds is 2. The van der Waals surface area contributed by atoms with Gasteiger partial charge < -0.3 is 0 Å². The highest BCUT2D eigenvalue weighted by Crippen LogP contribution is 2.31. The summed E-state index contributed by atoms with van der Waals surface area (Å²) in [5.41, 5.74) is 0.925. The quantitative estimate of drug-likeness (QED) is 0.869. The van der Waals surface area contributed by atoms with Crippen LogP contribution in [0.25, 0.3) is 10.7 Å². The number of H-pyrrole nitrogens is 1. The lowest BCUT2D eigenvalue weighted by molar-refractivity contribution is 0.568. The third-order valence-electron chi connectivity index (χ3n) is 2.27. The average molecular weight is 237 g/mol. The SMILES string of the molecule is CCc1nc(-c2snnc2C(C)(C)C)n[nH]1. The molecule has 0 spiro atoms. The van der Waals surface area contributed by atoms with E-state index in [4.69, 9.17) is 0 Å². The molecule has 5 nitrogen and oxygen atoms in total. The Bertz CT molecular complexity index is 479. The van der Waals surface area contributed by atoms with Gasteiger partial charge in [-0.05, 0) is 11.5 Å². The Morgan fingerprint density at radius 3 is 2.62 bits per heavy atom. The lowest BCUT2D eigenvalue weighted by Crippen LogP contribution is -2.13. The number of nitrogens with zero attached hydrogens (tertiary/aromatic N) is 4. The molecule has 0 aliphatic carbocycles. The normalized spacial score (nSPS) is 12.0. The summed E-state index contributed by atoms with van der Waals surface area (Å²) >= 11 is 1.35. The van der Waals surface area contributed by atoms with E-state index in [1.807, 2.05) is 6.92 Å². The van der Waals surface area contributed by atoms with Crippen LogP contribution >= 0.6 is 11.5 Å². The van der Waals surface area contributed by atoms with Gasteiger partial charge >= 0.3 is 0 Å². The molecule has 6 heteroatoms. The molecule has 0 aliphatic rings. The molecule has 2 rings (SSSR count). The summed E-state index contributed by atoms with van der Waals surface area (Å²) in [4.78, 5) is 5.37. The smallest absolute Gasteiger partial charge is 0.194 e. The monoisotopic (exact) mass is 237 g/mol. The summed E-state index contributed by atoms with van der Waals surface area (Å²) < 4.78 is 4.00. The van der Waals surface area contributed by atoms with Gasteiger partial charge in [0.25, 0.3) is 0 Å². The van der Waals surface area contributed by atoms with Gasteiger partial charge in [-0.1, -0.05) is 32.2 Å². The minimum atomic E-state index is -0.0324. The Kier molecular flexibility index (Phi) is 2.75. The second-order valence-electron chi connectivity index (χ2n) is 4.66. The lowest BCUT2D eigenvalue weighted by Gasteiger charge is -2.15. The number of aryl methyl sites for hydroxylation is 1. The molecule has 2 heterocycles. The van der Waals surface area contributed by atoms with Crippen LogP contribution in [0.4, 0.5) is 0 Å². The first kappa shape index (κ1) is 11.2. The zero-order valence-corrected chi connectivity index (χ0v) is 10.7. The van der Waals surface area contributed by atoms with Gasteiger partial charge in [-0.15, -0.1) is 5.10 Å². The molecule has 2 aromatic heterocycles. The van der Waals surface area contributed by atoms with E-state index in [-0.39, 0.29) is 5.41 Å². The highest BCUT2D eigenvalue weighted by Gasteiger charge is 2.25. The number of nitrogens with one attached hydrogen (secondary N) is 1. The fourth-order valence-corrected chi connectivity index (χ4v) is 2.19. The summed E-state index contributed by atoms with van der Waals surface area (Å²) in [7, 11) is 0. The van der Waals surface area contributed by atoms with Crippen LogP contribution in [0.15, 0.2) is 0 Å². The van der Waals surface area contributed by atoms with Gasteiger partial charge in [-0.25, -0.2) is 4.98 Å². The highest BCUT2D eigenvalue weighted by atomic mass is 32.1. The van der Waals surface area contributed by atoms with Crippen molar-refractivity contribution in [1.82, 2.24) is 24.8 Å². The molecule has 0 bridgehead atoms. The predicted molar refractivity (Wildman–Crippen MR) is 63.4 cm³/mol. The molecule has 0 saturated carbocycles. The maximum absolute atomic E-state index is 4.41. The minimum absolute atomic E-state index is 0.0324. The Hall–Kier alpha value is -1.30. The zero-order valence-electron chi connectivity index (χ0n) is 9.90. The van der Waals surface area contributed by atoms with Gasteiger partial charge in [0.15, 0.2) is 5.82 Å². The molecule has 0 fully saturated rings. The number of aromatic amines is 1. The molecular weight excluding hydrogens is 222 g/mol. The molecule has 16 heavy (non-hydrogen) atoms. The molecule has 0 unspecified atom stereocenters. The van der Waals surface area contributed by atoms with Gasteiger partial charge in [-0.2, -0.15) is 5.10 Å². The van der Waals surface area contributed by atoms with E-state index in [0.717, 1.165) is 22.8 Å². The van der Waals surface area contributed by atoms with Crippen molar-refractivity contribution in [2.45, 2.75) is 39.5 Å². The molecule has 2 aromatic rings. The number of aromatic nitrogens is 5. The lowest BCUT2D eigenvalue weighted by atomic mass is 9.91. The Morgan fingerprint density at radius 2 is 2.06 bits per heavy atom. The van der Waals surface area contributed by atoms with Crippen molar-refractivity contribution in [3.63, 3.8) is 0 Å². The molecule has 0 aromatic carbocycles. The molecule has 0 radical (unpaired) electrons. The molecule has 0 atom stereocenters. The van der Waals surface area contributed by atoms with Crippen molar-refractivity contribution in [1.29, 1.82) is 0 Å². The molecule has 0 saturated heterocycles. The summed E-state index contributed by atoms with van der Waals surface area (Å²) in [5, 5.41) is 11.3. The fourth-order valence-electron chi connectivity index (χ4n) is 1.38. The summed E-state index contributed by atoms with van der Waals surface area (Å²) in [6, 6.07) is 0. The molecule has 1 N–H and O–H groups in total. The summed E-state index contributed by atoms with van der Waals surface area (Å²) in [5.74, 6) is 1.60. The highest BCUT2D eigenvalue weighted by molar-refractivity contribution is 7.09. The van der Waals surface area contributed by atoms with Crippen molar-refractivity contribution < 1.29 is 0 Å². The van der Waals surface area contributed by atoms with Gasteiger partial charge in [0.1, 0.15) is 10.7 Å². The van der Waals surface area contributed by atoms with Crippen LogP contribution in [0.1, 0.15) is 39.2 Å². The second kappa shape index (κ2) is 3.93. The van der Waals surface area contributed by atoms with Crippen LogP contribution in [-0.4, -0.2) is 24.8 Å². The average Bonchev–Trinajstić information content (AvgIpc) is 2.84. The van der Waals surface area contributed by atoms with Crippen LogP contribution in [0, 0.1) is 0 Å². The number of hydrogen-bond acceptors (Lipinski definition) is 5. The van der Waals surface area contributed by atoms with Crippen molar-refractivity contribution in [2.75, 3.05) is 0 Å². The first-order chi connectivity index (χ1) is 7.52. The maximum Gasteiger partial charge on any atom is 0.194 e. The third kappa shape index (κ3) is 1.97. The molecular formula is C10H15N5S. The predicted octanol–water partition coefficient (Wildman–Crippen LogP) is 2.18. The Labute approximate surface area is 98.5 Å². The summed E-state index contributed by atoms with van der Waals surface area (Å²) in [6.07, 6.45) is 0.851. The number of hydrogen-bond donors (Lipinski definition) is 1. The van der Waals surface area contributed by atoms with E-state index in [2.05, 4.69) is 45.5 Å². The topological polar surface area (TPSA) is 67.3 Å². The molecule has 0 amide bonds. The fraction of sp³-hybridized carbons (Fsp3) is 0.600. The molecule has 86 valence electrons.